The zero-order valence-corrected chi connectivity index (χ0v) is 12.2. The molecule has 0 bridgehead atoms. The van der Waals surface area contributed by atoms with Crippen LogP contribution in [0, 0.1) is 5.82 Å². The summed E-state index contributed by atoms with van der Waals surface area (Å²) in [4.78, 5) is 32.8. The second-order valence-electron chi connectivity index (χ2n) is 5.96. The topological polar surface area (TPSA) is 78.1 Å². The minimum atomic E-state index is -0.572. The average Bonchev–Trinajstić information content (AvgIpc) is 3.02. The van der Waals surface area contributed by atoms with Gasteiger partial charge in [0.15, 0.2) is 0 Å². The number of nitrogens with one attached hydrogen (secondary N) is 2. The molecule has 118 valence electrons. The number of halogens is 1. The van der Waals surface area contributed by atoms with Crippen LogP contribution in [0.5, 0.6) is 0 Å². The lowest BCUT2D eigenvalue weighted by molar-refractivity contribution is -0.127. The van der Waals surface area contributed by atoms with E-state index in [-0.39, 0.29) is 29.7 Å². The van der Waals surface area contributed by atoms with Crippen molar-refractivity contribution < 1.29 is 14.0 Å². The Morgan fingerprint density at radius 3 is 2.96 bits per heavy atom. The van der Waals surface area contributed by atoms with Crippen LogP contribution in [-0.4, -0.2) is 38.9 Å². The van der Waals surface area contributed by atoms with Crippen molar-refractivity contribution in [2.24, 2.45) is 0 Å². The molecule has 0 spiro atoms. The van der Waals surface area contributed by atoms with Crippen molar-refractivity contribution in [1.82, 2.24) is 20.2 Å². The number of rotatable bonds is 4. The quantitative estimate of drug-likeness (QED) is 0.841. The fraction of sp³-hybridized carbons (Fsp3) is 0.312. The third-order valence-electron chi connectivity index (χ3n) is 4.40. The highest BCUT2D eigenvalue weighted by Crippen LogP contribution is 2.45. The SMILES string of the molecule is O=C1N[C@@H](Cc2cnc[nH]2)C(=O)N1C1CC1c1cccc(F)c1. The molecule has 3 amide bonds. The second kappa shape index (κ2) is 5.19. The summed E-state index contributed by atoms with van der Waals surface area (Å²) >= 11 is 0. The van der Waals surface area contributed by atoms with E-state index in [0.29, 0.717) is 12.8 Å². The molecule has 1 saturated heterocycles. The van der Waals surface area contributed by atoms with Gasteiger partial charge >= 0.3 is 6.03 Å². The normalized spacial score (nSPS) is 26.5. The van der Waals surface area contributed by atoms with Crippen LogP contribution >= 0.6 is 0 Å². The van der Waals surface area contributed by atoms with Gasteiger partial charge in [0, 0.05) is 30.3 Å². The Hall–Kier alpha value is -2.70. The summed E-state index contributed by atoms with van der Waals surface area (Å²) in [5, 5.41) is 2.71. The van der Waals surface area contributed by atoms with E-state index in [1.807, 2.05) is 6.07 Å². The van der Waals surface area contributed by atoms with Gasteiger partial charge in [0.1, 0.15) is 11.9 Å². The van der Waals surface area contributed by atoms with Gasteiger partial charge < -0.3 is 10.3 Å². The average molecular weight is 314 g/mol. The molecule has 1 aliphatic heterocycles. The Labute approximate surface area is 131 Å². The highest BCUT2D eigenvalue weighted by atomic mass is 19.1. The minimum absolute atomic E-state index is 0.0197. The van der Waals surface area contributed by atoms with Crippen LogP contribution in [0.3, 0.4) is 0 Å². The van der Waals surface area contributed by atoms with Crippen LogP contribution in [0.4, 0.5) is 9.18 Å². The maximum Gasteiger partial charge on any atom is 0.325 e. The van der Waals surface area contributed by atoms with Crippen molar-refractivity contribution in [3.05, 3.63) is 53.9 Å². The molecule has 2 aliphatic rings. The Kier molecular flexibility index (Phi) is 3.14. The maximum atomic E-state index is 13.3. The largest absolute Gasteiger partial charge is 0.348 e. The molecule has 2 aromatic rings. The third kappa shape index (κ3) is 2.48. The number of hydrogen-bond acceptors (Lipinski definition) is 3. The molecule has 1 saturated carbocycles. The van der Waals surface area contributed by atoms with Gasteiger partial charge in [-0.05, 0) is 24.1 Å². The molecule has 4 rings (SSSR count). The van der Waals surface area contributed by atoms with Crippen LogP contribution in [0.15, 0.2) is 36.8 Å². The Balaban J connectivity index is 1.48. The van der Waals surface area contributed by atoms with E-state index in [4.69, 9.17) is 0 Å². The van der Waals surface area contributed by atoms with Gasteiger partial charge in [-0.15, -0.1) is 0 Å². The van der Waals surface area contributed by atoms with E-state index >= 15 is 0 Å². The first kappa shape index (κ1) is 13.9. The van der Waals surface area contributed by atoms with Gasteiger partial charge in [-0.3, -0.25) is 9.69 Å². The molecular weight excluding hydrogens is 299 g/mol. The van der Waals surface area contributed by atoms with Crippen LogP contribution in [0.25, 0.3) is 0 Å². The summed E-state index contributed by atoms with van der Waals surface area (Å²) in [5.74, 6) is -0.512. The van der Waals surface area contributed by atoms with Gasteiger partial charge in [0.05, 0.1) is 6.33 Å². The molecule has 2 unspecified atom stereocenters. The molecule has 1 aliphatic carbocycles. The number of urea groups is 1. The lowest BCUT2D eigenvalue weighted by Gasteiger charge is -2.13. The Morgan fingerprint density at radius 2 is 2.22 bits per heavy atom. The van der Waals surface area contributed by atoms with E-state index in [9.17, 15) is 14.0 Å². The van der Waals surface area contributed by atoms with Crippen LogP contribution in [-0.2, 0) is 11.2 Å². The minimum Gasteiger partial charge on any atom is -0.348 e. The molecule has 2 N–H and O–H groups in total. The molecule has 2 heterocycles. The zero-order valence-electron chi connectivity index (χ0n) is 12.2. The number of imide groups is 1. The molecular formula is C16H15FN4O2. The lowest BCUT2D eigenvalue weighted by atomic mass is 10.1. The van der Waals surface area contributed by atoms with Gasteiger partial charge in [-0.25, -0.2) is 14.2 Å². The zero-order chi connectivity index (χ0) is 16.0. The summed E-state index contributed by atoms with van der Waals surface area (Å²) in [7, 11) is 0. The number of imidazole rings is 1. The predicted octanol–water partition coefficient (Wildman–Crippen LogP) is 1.57. The highest BCUT2D eigenvalue weighted by Gasteiger charge is 2.52. The van der Waals surface area contributed by atoms with E-state index in [1.165, 1.54) is 23.4 Å². The number of aromatic nitrogens is 2. The molecule has 0 radical (unpaired) electrons. The van der Waals surface area contributed by atoms with Crippen molar-refractivity contribution in [2.45, 2.75) is 30.8 Å². The smallest absolute Gasteiger partial charge is 0.325 e. The number of benzene rings is 1. The van der Waals surface area contributed by atoms with Gasteiger partial charge in [-0.2, -0.15) is 0 Å². The Bertz CT molecular complexity index is 761. The summed E-state index contributed by atoms with van der Waals surface area (Å²) in [6.07, 6.45) is 4.24. The van der Waals surface area contributed by atoms with Gasteiger partial charge in [0.2, 0.25) is 0 Å². The van der Waals surface area contributed by atoms with E-state index in [2.05, 4.69) is 15.3 Å². The number of hydrogen-bond donors (Lipinski definition) is 2. The first-order valence-electron chi connectivity index (χ1n) is 7.50. The number of carbonyl (C=O) groups is 2. The summed E-state index contributed by atoms with van der Waals surface area (Å²) in [6, 6.07) is 5.19. The van der Waals surface area contributed by atoms with Crippen molar-refractivity contribution in [3.63, 3.8) is 0 Å². The molecule has 6 nitrogen and oxygen atoms in total. The van der Waals surface area contributed by atoms with Crippen LogP contribution < -0.4 is 5.32 Å². The number of carbonyl (C=O) groups excluding carboxylic acids is 2. The van der Waals surface area contributed by atoms with E-state index in [1.54, 1.807) is 12.3 Å². The maximum absolute atomic E-state index is 13.3. The van der Waals surface area contributed by atoms with Crippen molar-refractivity contribution in [3.8, 4) is 0 Å². The first-order chi connectivity index (χ1) is 11.1. The number of aromatic amines is 1. The third-order valence-corrected chi connectivity index (χ3v) is 4.40. The molecule has 1 aromatic carbocycles. The summed E-state index contributed by atoms with van der Waals surface area (Å²) in [5.41, 5.74) is 1.62. The molecule has 1 aromatic heterocycles. The van der Waals surface area contributed by atoms with Crippen LogP contribution in [0.1, 0.15) is 23.6 Å². The molecule has 3 atom stereocenters. The molecule has 7 heteroatoms. The first-order valence-corrected chi connectivity index (χ1v) is 7.50. The highest BCUT2D eigenvalue weighted by molar-refractivity contribution is 6.05. The van der Waals surface area contributed by atoms with Crippen molar-refractivity contribution in [2.75, 3.05) is 0 Å². The number of nitrogens with zero attached hydrogens (tertiary/aromatic N) is 2. The molecule has 2 fully saturated rings. The second-order valence-corrected chi connectivity index (χ2v) is 5.96. The van der Waals surface area contributed by atoms with Crippen LogP contribution in [0.2, 0.25) is 0 Å². The van der Waals surface area contributed by atoms with Crippen molar-refractivity contribution >= 4 is 11.9 Å². The Morgan fingerprint density at radius 1 is 1.35 bits per heavy atom. The lowest BCUT2D eigenvalue weighted by Crippen LogP contribution is -2.34. The van der Waals surface area contributed by atoms with Crippen molar-refractivity contribution in [1.29, 1.82) is 0 Å². The predicted molar refractivity (Wildman–Crippen MR) is 79.0 cm³/mol. The van der Waals surface area contributed by atoms with Gasteiger partial charge in [0.25, 0.3) is 5.91 Å². The number of H-pyrrole nitrogens is 1. The monoisotopic (exact) mass is 314 g/mol. The van der Waals surface area contributed by atoms with Gasteiger partial charge in [-0.1, -0.05) is 12.1 Å². The summed E-state index contributed by atoms with van der Waals surface area (Å²) in [6.45, 7) is 0. The standard InChI is InChI=1S/C16H15FN4O2/c17-10-3-1-2-9(4-10)12-6-14(12)21-15(22)13(20-16(21)23)5-11-7-18-8-19-11/h1-4,7-8,12-14H,5-6H2,(H,18,19)(H,20,23)/t12?,13-,14?/m0/s1. The van der Waals surface area contributed by atoms with E-state index in [0.717, 1.165) is 11.3 Å². The summed E-state index contributed by atoms with van der Waals surface area (Å²) < 4.78 is 13.3. The number of amides is 3. The van der Waals surface area contributed by atoms with E-state index < -0.39 is 6.04 Å². The fourth-order valence-corrected chi connectivity index (χ4v) is 3.18. The fourth-order valence-electron chi connectivity index (χ4n) is 3.18. The molecule has 23 heavy (non-hydrogen) atoms.